The number of nitrogens with one attached hydrogen (secondary N) is 2. The fourth-order valence-electron chi connectivity index (χ4n) is 4.10. The third-order valence-corrected chi connectivity index (χ3v) is 5.94. The van der Waals surface area contributed by atoms with Gasteiger partial charge in [0.25, 0.3) is 5.56 Å². The standard InChI is InChI=1S/C25H30FN7O4/c1-24(2,3)37-23(35)31-11-8-25(36,9-12-31)15-32-16-29-21-19(22(32)34)14-30-33(21)18-6-4-5-17(13-18)28-10-7-20(26)27/h4-7,10,13-14,16,27-28,36H,8-9,11-12,15H2,1-3H3/b10-7-,27-20?. The van der Waals surface area contributed by atoms with Gasteiger partial charge in [-0.25, -0.2) is 14.5 Å². The summed E-state index contributed by atoms with van der Waals surface area (Å²) in [6.07, 6.45) is 5.29. The zero-order chi connectivity index (χ0) is 26.8. The maximum Gasteiger partial charge on any atom is 0.410 e. The summed E-state index contributed by atoms with van der Waals surface area (Å²) in [6.45, 7) is 6.08. The summed E-state index contributed by atoms with van der Waals surface area (Å²) in [5.41, 5.74) is -0.492. The van der Waals surface area contributed by atoms with Crippen molar-refractivity contribution in [3.8, 4) is 5.69 Å². The molecule has 1 saturated heterocycles. The van der Waals surface area contributed by atoms with Crippen molar-refractivity contribution in [1.29, 1.82) is 5.41 Å². The van der Waals surface area contributed by atoms with Gasteiger partial charge in [-0.3, -0.25) is 14.8 Å². The molecule has 11 nitrogen and oxygen atoms in total. The molecule has 0 atom stereocenters. The van der Waals surface area contributed by atoms with Crippen molar-refractivity contribution in [2.45, 2.75) is 51.4 Å². The molecule has 0 aliphatic carbocycles. The maximum absolute atomic E-state index is 13.2. The van der Waals surface area contributed by atoms with E-state index in [4.69, 9.17) is 10.1 Å². The van der Waals surface area contributed by atoms with Crippen LogP contribution in [0.5, 0.6) is 0 Å². The smallest absolute Gasteiger partial charge is 0.410 e. The minimum atomic E-state index is -1.17. The number of likely N-dealkylation sites (tertiary alicyclic amines) is 1. The van der Waals surface area contributed by atoms with E-state index in [1.165, 1.54) is 28.0 Å². The van der Waals surface area contributed by atoms with Crippen LogP contribution in [-0.4, -0.2) is 65.7 Å². The van der Waals surface area contributed by atoms with E-state index in [1.54, 1.807) is 49.9 Å². The van der Waals surface area contributed by atoms with Crippen LogP contribution < -0.4 is 10.9 Å². The minimum Gasteiger partial charge on any atom is -0.444 e. The lowest BCUT2D eigenvalue weighted by molar-refractivity contribution is -0.0419. The van der Waals surface area contributed by atoms with Crippen LogP contribution in [0.15, 0.2) is 53.9 Å². The molecule has 1 fully saturated rings. The Hall–Kier alpha value is -4.06. The van der Waals surface area contributed by atoms with Crippen LogP contribution in [-0.2, 0) is 11.3 Å². The number of aliphatic hydroxyl groups is 1. The molecular weight excluding hydrogens is 481 g/mol. The van der Waals surface area contributed by atoms with Gasteiger partial charge < -0.3 is 20.1 Å². The molecule has 12 heteroatoms. The zero-order valence-corrected chi connectivity index (χ0v) is 20.9. The Bertz CT molecular complexity index is 1400. The van der Waals surface area contributed by atoms with E-state index in [9.17, 15) is 19.1 Å². The Balaban J connectivity index is 1.49. The van der Waals surface area contributed by atoms with Crippen LogP contribution in [0.1, 0.15) is 33.6 Å². The van der Waals surface area contributed by atoms with E-state index >= 15 is 0 Å². The highest BCUT2D eigenvalue weighted by Gasteiger charge is 2.36. The van der Waals surface area contributed by atoms with Gasteiger partial charge in [0.05, 0.1) is 24.0 Å². The first kappa shape index (κ1) is 26.0. The summed E-state index contributed by atoms with van der Waals surface area (Å²) < 4.78 is 20.9. The van der Waals surface area contributed by atoms with Crippen molar-refractivity contribution in [3.05, 3.63) is 59.4 Å². The number of amides is 1. The van der Waals surface area contributed by atoms with Crippen LogP contribution in [0.4, 0.5) is 14.9 Å². The summed E-state index contributed by atoms with van der Waals surface area (Å²) in [5, 5.41) is 25.4. The lowest BCUT2D eigenvalue weighted by Crippen LogP contribution is -2.50. The molecule has 0 radical (unpaired) electrons. The third kappa shape index (κ3) is 6.20. The SMILES string of the molecule is CC(C)(C)OC(=O)N1CCC(O)(Cn2cnc3c(cnn3-c3cccc(N/C=C\C(=N)F)c3)c2=O)CC1. The lowest BCUT2D eigenvalue weighted by Gasteiger charge is -2.38. The molecule has 3 aromatic rings. The number of nitrogens with zero attached hydrogens (tertiary/aromatic N) is 5. The van der Waals surface area contributed by atoms with E-state index in [0.29, 0.717) is 48.3 Å². The van der Waals surface area contributed by atoms with E-state index in [2.05, 4.69) is 15.4 Å². The Kier molecular flexibility index (Phi) is 7.12. The highest BCUT2D eigenvalue weighted by molar-refractivity contribution is 5.83. The predicted molar refractivity (Wildman–Crippen MR) is 137 cm³/mol. The van der Waals surface area contributed by atoms with Crippen molar-refractivity contribution in [2.75, 3.05) is 18.4 Å². The van der Waals surface area contributed by atoms with Crippen LogP contribution in [0.2, 0.25) is 0 Å². The number of carbonyl (C=O) groups excluding carboxylic acids is 1. The number of piperidine rings is 1. The number of benzene rings is 1. The number of allylic oxidation sites excluding steroid dienone is 1. The highest BCUT2D eigenvalue weighted by atomic mass is 19.1. The summed E-state index contributed by atoms with van der Waals surface area (Å²) in [5.74, 6) is -1.07. The lowest BCUT2D eigenvalue weighted by atomic mass is 9.91. The van der Waals surface area contributed by atoms with E-state index in [-0.39, 0.29) is 12.1 Å². The van der Waals surface area contributed by atoms with Gasteiger partial charge in [-0.15, -0.1) is 0 Å². The van der Waals surface area contributed by atoms with Crippen molar-refractivity contribution in [2.24, 2.45) is 0 Å². The number of anilines is 1. The Morgan fingerprint density at radius 3 is 2.73 bits per heavy atom. The minimum absolute atomic E-state index is 0.0391. The summed E-state index contributed by atoms with van der Waals surface area (Å²) in [4.78, 5) is 31.5. The predicted octanol–water partition coefficient (Wildman–Crippen LogP) is 3.22. The van der Waals surface area contributed by atoms with Gasteiger partial charge in [0.15, 0.2) is 5.65 Å². The largest absolute Gasteiger partial charge is 0.444 e. The van der Waals surface area contributed by atoms with Gasteiger partial charge in [-0.05, 0) is 51.8 Å². The van der Waals surface area contributed by atoms with Crippen LogP contribution >= 0.6 is 0 Å². The van der Waals surface area contributed by atoms with Crippen LogP contribution in [0, 0.1) is 5.41 Å². The summed E-state index contributed by atoms with van der Waals surface area (Å²) in [7, 11) is 0. The number of fused-ring (bicyclic) bond motifs is 1. The van der Waals surface area contributed by atoms with Crippen LogP contribution in [0.3, 0.4) is 0 Å². The molecule has 1 aliphatic rings. The molecule has 4 rings (SSSR count). The Morgan fingerprint density at radius 2 is 2.05 bits per heavy atom. The van der Waals surface area contributed by atoms with Gasteiger partial charge in [0, 0.05) is 31.1 Å². The third-order valence-electron chi connectivity index (χ3n) is 5.94. The highest BCUT2D eigenvalue weighted by Crippen LogP contribution is 2.25. The fraction of sp³-hybridized carbons (Fsp3) is 0.400. The normalized spacial score (nSPS) is 15.8. The summed E-state index contributed by atoms with van der Waals surface area (Å²) in [6, 6.07) is 7.05. The topological polar surface area (TPSA) is 138 Å². The number of ether oxygens (including phenoxy) is 1. The number of rotatable bonds is 6. The molecule has 3 heterocycles. The van der Waals surface area contributed by atoms with E-state index in [1.807, 2.05) is 0 Å². The van der Waals surface area contributed by atoms with Crippen molar-refractivity contribution in [1.82, 2.24) is 24.2 Å². The van der Waals surface area contributed by atoms with Crippen molar-refractivity contribution in [3.63, 3.8) is 0 Å². The molecule has 2 aromatic heterocycles. The molecule has 1 amide bonds. The van der Waals surface area contributed by atoms with Crippen molar-refractivity contribution >= 4 is 28.8 Å². The maximum atomic E-state index is 13.2. The van der Waals surface area contributed by atoms with Crippen LogP contribution in [0.25, 0.3) is 16.7 Å². The van der Waals surface area contributed by atoms with Gasteiger partial charge >= 0.3 is 6.09 Å². The van der Waals surface area contributed by atoms with Gasteiger partial charge in [-0.1, -0.05) is 6.07 Å². The average molecular weight is 512 g/mol. The number of aromatic nitrogens is 4. The molecule has 1 aromatic carbocycles. The number of carbonyl (C=O) groups is 1. The molecule has 37 heavy (non-hydrogen) atoms. The van der Waals surface area contributed by atoms with Gasteiger partial charge in [-0.2, -0.15) is 9.49 Å². The van der Waals surface area contributed by atoms with E-state index in [0.717, 1.165) is 6.08 Å². The molecule has 0 spiro atoms. The molecule has 3 N–H and O–H groups in total. The molecule has 1 aliphatic heterocycles. The number of hydrogen-bond acceptors (Lipinski definition) is 8. The molecule has 196 valence electrons. The molecule has 0 bridgehead atoms. The second-order valence-corrected chi connectivity index (χ2v) is 10.0. The van der Waals surface area contributed by atoms with E-state index < -0.39 is 23.3 Å². The van der Waals surface area contributed by atoms with Crippen molar-refractivity contribution < 1.29 is 19.0 Å². The summed E-state index contributed by atoms with van der Waals surface area (Å²) >= 11 is 0. The number of halogens is 1. The van der Waals surface area contributed by atoms with Gasteiger partial charge in [0.1, 0.15) is 17.3 Å². The average Bonchev–Trinajstić information content (AvgIpc) is 3.25. The van der Waals surface area contributed by atoms with Gasteiger partial charge in [0.2, 0.25) is 5.97 Å². The molecule has 0 saturated carbocycles. The molecular formula is C25H30FN7O4. The quantitative estimate of drug-likeness (QED) is 0.432. The Morgan fingerprint density at radius 1 is 1.32 bits per heavy atom. The second kappa shape index (κ2) is 10.1. The first-order valence-electron chi connectivity index (χ1n) is 11.9. The first-order valence-corrected chi connectivity index (χ1v) is 11.9. The first-order chi connectivity index (χ1) is 17.4. The Labute approximate surface area is 212 Å². The zero-order valence-electron chi connectivity index (χ0n) is 20.9. The monoisotopic (exact) mass is 511 g/mol. The number of hydrogen-bond donors (Lipinski definition) is 3. The fourth-order valence-corrected chi connectivity index (χ4v) is 4.10. The second-order valence-electron chi connectivity index (χ2n) is 10.0. The molecule has 0 unspecified atom stereocenters.